The summed E-state index contributed by atoms with van der Waals surface area (Å²) in [6, 6.07) is 0.913. The SMILES string of the molecule is COc1ncnc(N2CC(C)NCC2C)c1C. The third-order valence-electron chi connectivity index (χ3n) is 3.24. The number of aromatic nitrogens is 2. The van der Waals surface area contributed by atoms with Gasteiger partial charge in [0.05, 0.1) is 12.7 Å². The lowest BCUT2D eigenvalue weighted by molar-refractivity contribution is 0.390. The largest absolute Gasteiger partial charge is 0.481 e. The molecule has 2 rings (SSSR count). The van der Waals surface area contributed by atoms with Gasteiger partial charge in [0.2, 0.25) is 5.88 Å². The van der Waals surface area contributed by atoms with Crippen LogP contribution in [0.5, 0.6) is 5.88 Å². The van der Waals surface area contributed by atoms with Crippen molar-refractivity contribution in [1.29, 1.82) is 0 Å². The Bertz CT molecular complexity index is 396. The molecule has 2 atom stereocenters. The molecule has 17 heavy (non-hydrogen) atoms. The maximum Gasteiger partial charge on any atom is 0.221 e. The lowest BCUT2D eigenvalue weighted by Crippen LogP contribution is -2.55. The second kappa shape index (κ2) is 4.87. The van der Waals surface area contributed by atoms with Gasteiger partial charge in [-0.25, -0.2) is 9.97 Å². The van der Waals surface area contributed by atoms with E-state index in [1.165, 1.54) is 0 Å². The molecule has 94 valence electrons. The van der Waals surface area contributed by atoms with Crippen LogP contribution in [0, 0.1) is 6.92 Å². The fourth-order valence-corrected chi connectivity index (χ4v) is 2.24. The van der Waals surface area contributed by atoms with Crippen molar-refractivity contribution in [2.75, 3.05) is 25.1 Å². The molecule has 2 unspecified atom stereocenters. The van der Waals surface area contributed by atoms with Gasteiger partial charge in [-0.2, -0.15) is 0 Å². The zero-order valence-electron chi connectivity index (χ0n) is 10.9. The van der Waals surface area contributed by atoms with Gasteiger partial charge >= 0.3 is 0 Å². The lowest BCUT2D eigenvalue weighted by Gasteiger charge is -2.39. The van der Waals surface area contributed by atoms with Crippen LogP contribution in [0.2, 0.25) is 0 Å². The molecule has 0 amide bonds. The summed E-state index contributed by atoms with van der Waals surface area (Å²) in [4.78, 5) is 10.8. The molecule has 2 heterocycles. The van der Waals surface area contributed by atoms with Crippen LogP contribution in [0.1, 0.15) is 19.4 Å². The minimum atomic E-state index is 0.435. The Morgan fingerprint density at radius 1 is 1.41 bits per heavy atom. The van der Waals surface area contributed by atoms with Crippen molar-refractivity contribution in [3.8, 4) is 5.88 Å². The van der Waals surface area contributed by atoms with Crippen LogP contribution in [0.25, 0.3) is 0 Å². The second-order valence-electron chi connectivity index (χ2n) is 4.64. The first-order valence-electron chi connectivity index (χ1n) is 5.99. The molecule has 1 saturated heterocycles. The Hall–Kier alpha value is -1.36. The molecule has 1 N–H and O–H groups in total. The van der Waals surface area contributed by atoms with Crippen molar-refractivity contribution in [3.05, 3.63) is 11.9 Å². The van der Waals surface area contributed by atoms with Crippen LogP contribution in [0.4, 0.5) is 5.82 Å². The summed E-state index contributed by atoms with van der Waals surface area (Å²) in [6.07, 6.45) is 1.57. The second-order valence-corrected chi connectivity index (χ2v) is 4.64. The number of anilines is 1. The molecule has 1 aliphatic rings. The average molecular weight is 236 g/mol. The van der Waals surface area contributed by atoms with Gasteiger partial charge in [-0.3, -0.25) is 0 Å². The van der Waals surface area contributed by atoms with Gasteiger partial charge < -0.3 is 15.0 Å². The predicted molar refractivity (Wildman–Crippen MR) is 67.6 cm³/mol. The molecule has 0 aromatic carbocycles. The normalized spacial score (nSPS) is 24.8. The van der Waals surface area contributed by atoms with Gasteiger partial charge in [0.1, 0.15) is 12.1 Å². The van der Waals surface area contributed by atoms with Gasteiger partial charge in [0.25, 0.3) is 0 Å². The summed E-state index contributed by atoms with van der Waals surface area (Å²) in [6.45, 7) is 8.34. The summed E-state index contributed by atoms with van der Waals surface area (Å²) in [5, 5.41) is 3.46. The zero-order chi connectivity index (χ0) is 12.4. The van der Waals surface area contributed by atoms with Crippen LogP contribution in [0.15, 0.2) is 6.33 Å². The molecule has 0 bridgehead atoms. The number of nitrogens with zero attached hydrogens (tertiary/aromatic N) is 3. The summed E-state index contributed by atoms with van der Waals surface area (Å²) in [5.41, 5.74) is 1.01. The molecule has 0 aliphatic carbocycles. The highest BCUT2D eigenvalue weighted by Gasteiger charge is 2.25. The van der Waals surface area contributed by atoms with Crippen molar-refractivity contribution in [3.63, 3.8) is 0 Å². The quantitative estimate of drug-likeness (QED) is 0.829. The van der Waals surface area contributed by atoms with E-state index in [1.54, 1.807) is 13.4 Å². The number of rotatable bonds is 2. The molecule has 1 fully saturated rings. The summed E-state index contributed by atoms with van der Waals surface area (Å²) in [5.74, 6) is 1.64. The van der Waals surface area contributed by atoms with Crippen molar-refractivity contribution in [1.82, 2.24) is 15.3 Å². The van der Waals surface area contributed by atoms with Crippen LogP contribution in [-0.2, 0) is 0 Å². The maximum absolute atomic E-state index is 5.25. The first-order valence-corrected chi connectivity index (χ1v) is 5.99. The van der Waals surface area contributed by atoms with Crippen LogP contribution < -0.4 is 15.0 Å². The fraction of sp³-hybridized carbons (Fsp3) is 0.667. The van der Waals surface area contributed by atoms with Crippen molar-refractivity contribution in [2.45, 2.75) is 32.9 Å². The number of hydrogen-bond donors (Lipinski definition) is 1. The third-order valence-corrected chi connectivity index (χ3v) is 3.24. The van der Waals surface area contributed by atoms with Crippen molar-refractivity contribution in [2.24, 2.45) is 0 Å². The van der Waals surface area contributed by atoms with E-state index < -0.39 is 0 Å². The maximum atomic E-state index is 5.25. The fourth-order valence-electron chi connectivity index (χ4n) is 2.24. The summed E-state index contributed by atoms with van der Waals surface area (Å²) >= 11 is 0. The Kier molecular flexibility index (Phi) is 3.47. The minimum absolute atomic E-state index is 0.435. The lowest BCUT2D eigenvalue weighted by atomic mass is 10.1. The molecule has 0 spiro atoms. The number of hydrogen-bond acceptors (Lipinski definition) is 5. The monoisotopic (exact) mass is 236 g/mol. The Morgan fingerprint density at radius 3 is 2.88 bits per heavy atom. The highest BCUT2D eigenvalue weighted by atomic mass is 16.5. The van der Waals surface area contributed by atoms with Crippen molar-refractivity contribution < 1.29 is 4.74 Å². The molecule has 0 saturated carbocycles. The van der Waals surface area contributed by atoms with Crippen LogP contribution in [-0.4, -0.2) is 42.3 Å². The Morgan fingerprint density at radius 2 is 2.18 bits per heavy atom. The van der Waals surface area contributed by atoms with E-state index in [4.69, 9.17) is 4.74 Å². The number of nitrogens with one attached hydrogen (secondary N) is 1. The molecule has 1 aliphatic heterocycles. The molecule has 1 aromatic rings. The standard InChI is InChI=1S/C12H20N4O/c1-8-6-16(9(2)5-13-8)11-10(3)12(17-4)15-7-14-11/h7-9,13H,5-6H2,1-4H3. The highest BCUT2D eigenvalue weighted by molar-refractivity contribution is 5.51. The molecule has 5 nitrogen and oxygen atoms in total. The first-order chi connectivity index (χ1) is 8.13. The number of methoxy groups -OCH3 is 1. The van der Waals surface area contributed by atoms with E-state index >= 15 is 0 Å². The number of ether oxygens (including phenoxy) is 1. The van der Waals surface area contributed by atoms with Gasteiger partial charge in [-0.15, -0.1) is 0 Å². The first kappa shape index (κ1) is 12.1. The topological polar surface area (TPSA) is 50.3 Å². The third kappa shape index (κ3) is 2.34. The Labute approximate surface area is 102 Å². The molecular weight excluding hydrogens is 216 g/mol. The molecular formula is C12H20N4O. The van der Waals surface area contributed by atoms with Crippen LogP contribution >= 0.6 is 0 Å². The summed E-state index contributed by atoms with van der Waals surface area (Å²) in [7, 11) is 1.64. The molecule has 5 heteroatoms. The number of piperazine rings is 1. The van der Waals surface area contributed by atoms with E-state index in [-0.39, 0.29) is 0 Å². The van der Waals surface area contributed by atoms with Crippen molar-refractivity contribution >= 4 is 5.82 Å². The van der Waals surface area contributed by atoms with Gasteiger partial charge in [0.15, 0.2) is 0 Å². The van der Waals surface area contributed by atoms with E-state index in [9.17, 15) is 0 Å². The minimum Gasteiger partial charge on any atom is -0.481 e. The van der Waals surface area contributed by atoms with Gasteiger partial charge in [-0.05, 0) is 20.8 Å². The van der Waals surface area contributed by atoms with Gasteiger partial charge in [0, 0.05) is 25.2 Å². The smallest absolute Gasteiger partial charge is 0.221 e. The Balaban J connectivity index is 2.32. The van der Waals surface area contributed by atoms with E-state index in [2.05, 4.69) is 34.0 Å². The average Bonchev–Trinajstić information content (AvgIpc) is 2.33. The van der Waals surface area contributed by atoms with E-state index in [0.717, 1.165) is 24.5 Å². The highest BCUT2D eigenvalue weighted by Crippen LogP contribution is 2.26. The van der Waals surface area contributed by atoms with E-state index in [1.807, 2.05) is 6.92 Å². The molecule has 1 aromatic heterocycles. The van der Waals surface area contributed by atoms with Gasteiger partial charge in [-0.1, -0.05) is 0 Å². The predicted octanol–water partition coefficient (Wildman–Crippen LogP) is 0.980. The zero-order valence-corrected chi connectivity index (χ0v) is 10.9. The molecule has 0 radical (unpaired) electrons. The van der Waals surface area contributed by atoms with Crippen LogP contribution in [0.3, 0.4) is 0 Å². The van der Waals surface area contributed by atoms with E-state index in [0.29, 0.717) is 18.0 Å². The summed E-state index contributed by atoms with van der Waals surface area (Å²) < 4.78 is 5.25.